The van der Waals surface area contributed by atoms with E-state index in [0.717, 1.165) is 110 Å². The van der Waals surface area contributed by atoms with Crippen molar-refractivity contribution in [3.8, 4) is 11.8 Å². The van der Waals surface area contributed by atoms with Crippen molar-refractivity contribution < 1.29 is 19.2 Å². The maximum absolute atomic E-state index is 13.5. The van der Waals surface area contributed by atoms with Gasteiger partial charge in [0.05, 0.1) is 29.3 Å². The second-order valence-electron chi connectivity index (χ2n) is 18.7. The second kappa shape index (κ2) is 19.7. The topological polar surface area (TPSA) is 163 Å². The molecule has 344 valence electrons. The smallest absolute Gasteiger partial charge is 0.329 e. The third-order valence-corrected chi connectivity index (χ3v) is 14.3. The molecule has 14 nitrogen and oxygen atoms in total. The summed E-state index contributed by atoms with van der Waals surface area (Å²) in [6.45, 7) is 10.2. The molecule has 0 aliphatic carbocycles. The van der Waals surface area contributed by atoms with E-state index in [2.05, 4.69) is 68.3 Å². The number of piperidine rings is 3. The number of hydrogen-bond donors (Lipinski definition) is 4. The third-order valence-electron chi connectivity index (χ3n) is 14.3. The van der Waals surface area contributed by atoms with E-state index in [4.69, 9.17) is 4.98 Å². The lowest BCUT2D eigenvalue weighted by Crippen LogP contribution is -2.51. The predicted molar refractivity (Wildman–Crippen MR) is 256 cm³/mol. The molecule has 66 heavy (non-hydrogen) atoms. The SMILES string of the molecule is Cc1ccc(NC2CNC2)cc1C(=O)N[C@H](C)c1ccc(C#CC2CCN(CCCCC(=O)N3CCC(c4cc5c(cn4)n(C4CCC(=O)NC4=O)c(=O)n5C)CC3)CC2)c2ccccc12. The van der Waals surface area contributed by atoms with Crippen LogP contribution in [-0.4, -0.2) is 99.4 Å². The summed E-state index contributed by atoms with van der Waals surface area (Å²) in [4.78, 5) is 73.5. The van der Waals surface area contributed by atoms with Crippen molar-refractivity contribution in [1.82, 2.24) is 39.9 Å². The predicted octanol–water partition coefficient (Wildman–Crippen LogP) is 5.69. The first-order valence-corrected chi connectivity index (χ1v) is 23.8. The maximum atomic E-state index is 13.5. The van der Waals surface area contributed by atoms with Gasteiger partial charge in [-0.2, -0.15) is 0 Å². The number of likely N-dealkylation sites (tertiary alicyclic amines) is 2. The number of hydrogen-bond acceptors (Lipinski definition) is 9. The van der Waals surface area contributed by atoms with Gasteiger partial charge >= 0.3 is 5.69 Å². The van der Waals surface area contributed by atoms with Gasteiger partial charge in [-0.05, 0) is 125 Å². The Balaban J connectivity index is 0.713. The number of anilines is 1. The summed E-state index contributed by atoms with van der Waals surface area (Å²) < 4.78 is 3.00. The number of benzene rings is 3. The van der Waals surface area contributed by atoms with Gasteiger partial charge in [-0.15, -0.1) is 0 Å². The highest BCUT2D eigenvalue weighted by Crippen LogP contribution is 2.31. The van der Waals surface area contributed by atoms with Crippen LogP contribution in [-0.2, 0) is 21.4 Å². The van der Waals surface area contributed by atoms with E-state index >= 15 is 0 Å². The molecule has 0 spiro atoms. The molecule has 5 aromatic rings. The van der Waals surface area contributed by atoms with Crippen LogP contribution in [0.1, 0.15) is 115 Å². The van der Waals surface area contributed by atoms with Crippen LogP contribution in [0.15, 0.2) is 71.7 Å². The molecule has 2 aromatic heterocycles. The molecule has 1 unspecified atom stereocenters. The Morgan fingerprint density at radius 2 is 1.67 bits per heavy atom. The standard InChI is InChI=1S/C52H61N9O5/c1-33-11-15-38(56-39-30-53-31-39)28-43(33)50(64)55-34(2)40-16-14-36(41-8-4-5-9-42(40)41)13-12-35-19-24-59(25-20-35)23-7-6-10-49(63)60-26-21-37(22-27-60)44-29-46-47(32-54-44)61(52(66)58(46)3)45-17-18-48(62)57-51(45)65/h4-5,8-9,11,14-16,28-29,32,34-35,37,39,45,53,56H,6-7,10,17-27,30-31H2,1-3H3,(H,55,64)(H,57,62,65)/t34-,45?/m1/s1. The highest BCUT2D eigenvalue weighted by Gasteiger charge is 2.32. The normalized spacial score (nSPS) is 19.3. The molecule has 2 atom stereocenters. The molecule has 4 saturated heterocycles. The van der Waals surface area contributed by atoms with Crippen LogP contribution >= 0.6 is 0 Å². The quantitative estimate of drug-likeness (QED) is 0.0701. The summed E-state index contributed by atoms with van der Waals surface area (Å²) in [6, 6.07) is 19.9. The average molecular weight is 892 g/mol. The molecule has 4 aliphatic heterocycles. The van der Waals surface area contributed by atoms with Gasteiger partial charge in [0.15, 0.2) is 0 Å². The van der Waals surface area contributed by atoms with Crippen molar-refractivity contribution in [1.29, 1.82) is 0 Å². The summed E-state index contributed by atoms with van der Waals surface area (Å²) in [5.74, 6) is 6.98. The molecular formula is C52H61N9O5. The molecule has 4 fully saturated rings. The van der Waals surface area contributed by atoms with Crippen molar-refractivity contribution in [3.05, 3.63) is 105 Å². The first-order valence-electron chi connectivity index (χ1n) is 23.8. The number of carbonyl (C=O) groups excluding carboxylic acids is 4. The first kappa shape index (κ1) is 44.9. The molecule has 4 amide bonds. The van der Waals surface area contributed by atoms with E-state index in [1.54, 1.807) is 17.8 Å². The molecule has 6 heterocycles. The Kier molecular flexibility index (Phi) is 13.4. The molecule has 0 bridgehead atoms. The van der Waals surface area contributed by atoms with Crippen LogP contribution in [0.2, 0.25) is 0 Å². The molecule has 0 saturated carbocycles. The average Bonchev–Trinajstić information content (AvgIpc) is 3.56. The van der Waals surface area contributed by atoms with Crippen LogP contribution in [0.3, 0.4) is 0 Å². The van der Waals surface area contributed by atoms with E-state index in [1.165, 1.54) is 4.57 Å². The van der Waals surface area contributed by atoms with Crippen molar-refractivity contribution in [3.63, 3.8) is 0 Å². The number of rotatable bonds is 12. The van der Waals surface area contributed by atoms with Gasteiger partial charge in [0.2, 0.25) is 17.7 Å². The van der Waals surface area contributed by atoms with Crippen molar-refractivity contribution >= 4 is 51.1 Å². The number of pyridine rings is 1. The van der Waals surface area contributed by atoms with Crippen LogP contribution in [0.25, 0.3) is 21.8 Å². The Hall–Kier alpha value is -6.30. The molecule has 9 rings (SSSR count). The second-order valence-corrected chi connectivity index (χ2v) is 18.7. The van der Waals surface area contributed by atoms with Crippen LogP contribution in [0.4, 0.5) is 5.69 Å². The van der Waals surface area contributed by atoms with E-state index in [-0.39, 0.29) is 48.2 Å². The zero-order valence-electron chi connectivity index (χ0n) is 38.3. The summed E-state index contributed by atoms with van der Waals surface area (Å²) in [7, 11) is 1.69. The first-order chi connectivity index (χ1) is 32.0. The molecule has 4 N–H and O–H groups in total. The van der Waals surface area contributed by atoms with Crippen LogP contribution < -0.4 is 27.0 Å². The van der Waals surface area contributed by atoms with Crippen LogP contribution in [0, 0.1) is 24.7 Å². The Bertz CT molecular complexity index is 2780. The molecule has 0 radical (unpaired) electrons. The fourth-order valence-corrected chi connectivity index (χ4v) is 10.1. The number of nitrogens with zero attached hydrogens (tertiary/aromatic N) is 5. The largest absolute Gasteiger partial charge is 0.380 e. The Morgan fingerprint density at radius 3 is 2.41 bits per heavy atom. The highest BCUT2D eigenvalue weighted by molar-refractivity contribution is 6.00. The van der Waals surface area contributed by atoms with Gasteiger partial charge in [0, 0.05) is 80.4 Å². The number of imide groups is 1. The zero-order valence-corrected chi connectivity index (χ0v) is 38.3. The number of nitrogens with one attached hydrogen (secondary N) is 4. The van der Waals surface area contributed by atoms with E-state index < -0.39 is 11.9 Å². The lowest BCUT2D eigenvalue weighted by Gasteiger charge is -2.32. The number of aromatic nitrogens is 3. The maximum Gasteiger partial charge on any atom is 0.329 e. The van der Waals surface area contributed by atoms with Gasteiger partial charge in [0.1, 0.15) is 6.04 Å². The lowest BCUT2D eigenvalue weighted by atomic mass is 9.92. The van der Waals surface area contributed by atoms with E-state index in [9.17, 15) is 24.0 Å². The van der Waals surface area contributed by atoms with Crippen molar-refractivity contribution in [2.24, 2.45) is 13.0 Å². The van der Waals surface area contributed by atoms with Gasteiger partial charge < -0.3 is 25.8 Å². The highest BCUT2D eigenvalue weighted by atomic mass is 16.2. The summed E-state index contributed by atoms with van der Waals surface area (Å²) in [5, 5.41) is 14.6. The van der Waals surface area contributed by atoms with Crippen molar-refractivity contribution in [2.75, 3.05) is 51.1 Å². The van der Waals surface area contributed by atoms with Gasteiger partial charge in [-0.1, -0.05) is 48.2 Å². The van der Waals surface area contributed by atoms with Gasteiger partial charge in [-0.3, -0.25) is 38.6 Å². The minimum Gasteiger partial charge on any atom is -0.380 e. The van der Waals surface area contributed by atoms with Gasteiger partial charge in [0.25, 0.3) is 5.91 Å². The number of aryl methyl sites for hydroxylation is 2. The Morgan fingerprint density at radius 1 is 0.894 bits per heavy atom. The lowest BCUT2D eigenvalue weighted by molar-refractivity contribution is -0.136. The Labute approximate surface area is 385 Å². The van der Waals surface area contributed by atoms with E-state index in [0.29, 0.717) is 48.1 Å². The number of unbranched alkanes of at least 4 members (excludes halogenated alkanes) is 1. The number of carbonyl (C=O) groups is 4. The number of fused-ring (bicyclic) bond motifs is 2. The molecule has 3 aromatic carbocycles. The van der Waals surface area contributed by atoms with Crippen LogP contribution in [0.5, 0.6) is 0 Å². The number of amides is 4. The monoisotopic (exact) mass is 891 g/mol. The molecular weight excluding hydrogens is 831 g/mol. The fraction of sp³-hybridized carbons (Fsp3) is 0.462. The van der Waals surface area contributed by atoms with E-state index in [1.807, 2.05) is 49.1 Å². The number of imidazole rings is 1. The summed E-state index contributed by atoms with van der Waals surface area (Å²) in [6.07, 6.45) is 8.20. The minimum atomic E-state index is -0.743. The summed E-state index contributed by atoms with van der Waals surface area (Å²) >= 11 is 0. The minimum absolute atomic E-state index is 0.0822. The fourth-order valence-electron chi connectivity index (χ4n) is 10.1. The molecule has 4 aliphatic rings. The zero-order chi connectivity index (χ0) is 45.9. The summed E-state index contributed by atoms with van der Waals surface area (Å²) in [5.41, 5.74) is 6.54. The molecule has 14 heteroatoms. The van der Waals surface area contributed by atoms with Gasteiger partial charge in [-0.25, -0.2) is 4.79 Å². The third kappa shape index (κ3) is 9.64. The van der Waals surface area contributed by atoms with Crippen molar-refractivity contribution in [2.45, 2.75) is 95.7 Å².